The van der Waals surface area contributed by atoms with Crippen molar-refractivity contribution < 1.29 is 9.53 Å². The largest absolute Gasteiger partial charge is 0.448 e. The van der Waals surface area contributed by atoms with Gasteiger partial charge in [0.25, 0.3) is 0 Å². The van der Waals surface area contributed by atoms with Crippen LogP contribution in [0.5, 0.6) is 0 Å². The Labute approximate surface area is 261 Å². The van der Waals surface area contributed by atoms with Gasteiger partial charge in [-0.3, -0.25) is 0 Å². The zero-order chi connectivity index (χ0) is 30.1. The van der Waals surface area contributed by atoms with Gasteiger partial charge in [0.2, 0.25) is 0 Å². The van der Waals surface area contributed by atoms with Crippen LogP contribution in [0.3, 0.4) is 0 Å². The summed E-state index contributed by atoms with van der Waals surface area (Å²) in [4.78, 5) is 16.7. The summed E-state index contributed by atoms with van der Waals surface area (Å²) in [5.74, 6) is 5.58. The Kier molecular flexibility index (Phi) is 10.0. The molecule has 1 amide bonds. The standard InChI is InChI=1S/C38H57NO2S/c1-8-27(25(3)4)15-14-26(5)32-18-19-33-31-17-16-29-24-30(20-22-37(29,6)34(31)21-23-38(32,33)7)42-35(28-12-10-11-13-28)39-36(40)41-9-2/h10-16,25-28,30-34H,8-9,17-24H2,1-7H3/b15-14?,39-35+/t26-,27-,30-,31+,32-,33+,34+,37+,38-/m1/s1. The summed E-state index contributed by atoms with van der Waals surface area (Å²) in [6.45, 7) is 17.1. The van der Waals surface area contributed by atoms with Gasteiger partial charge in [0.1, 0.15) is 0 Å². The van der Waals surface area contributed by atoms with Gasteiger partial charge in [-0.1, -0.05) is 89.6 Å². The first-order valence-corrected chi connectivity index (χ1v) is 18.1. The maximum atomic E-state index is 12.3. The Morgan fingerprint density at radius 3 is 2.50 bits per heavy atom. The molecule has 3 nitrogen and oxygen atoms in total. The van der Waals surface area contributed by atoms with E-state index in [1.54, 1.807) is 5.57 Å². The number of aliphatic imine (C=N–C) groups is 1. The number of amides is 1. The summed E-state index contributed by atoms with van der Waals surface area (Å²) < 4.78 is 5.18. The normalized spacial score (nSPS) is 37.9. The lowest BCUT2D eigenvalue weighted by Gasteiger charge is -2.58. The molecule has 0 radical (unpaired) electrons. The second kappa shape index (κ2) is 13.2. The van der Waals surface area contributed by atoms with Crippen LogP contribution in [0.1, 0.15) is 106 Å². The van der Waals surface area contributed by atoms with Crippen molar-refractivity contribution in [2.75, 3.05) is 6.61 Å². The number of hydrogen-bond donors (Lipinski definition) is 0. The van der Waals surface area contributed by atoms with E-state index in [9.17, 15) is 4.79 Å². The van der Waals surface area contributed by atoms with Crippen LogP contribution in [0, 0.1) is 58.2 Å². The van der Waals surface area contributed by atoms with Crippen LogP contribution in [-0.2, 0) is 4.74 Å². The van der Waals surface area contributed by atoms with E-state index in [0.717, 1.165) is 41.1 Å². The van der Waals surface area contributed by atoms with Crippen molar-refractivity contribution in [3.05, 3.63) is 48.1 Å². The maximum Gasteiger partial charge on any atom is 0.434 e. The van der Waals surface area contributed by atoms with Gasteiger partial charge in [-0.15, -0.1) is 11.8 Å². The molecule has 0 bridgehead atoms. The van der Waals surface area contributed by atoms with Crippen molar-refractivity contribution in [2.24, 2.45) is 63.2 Å². The van der Waals surface area contributed by atoms with Crippen LogP contribution in [-0.4, -0.2) is 23.0 Å². The average molecular weight is 592 g/mol. The highest BCUT2D eigenvalue weighted by atomic mass is 32.2. The van der Waals surface area contributed by atoms with Crippen molar-refractivity contribution in [2.45, 2.75) is 112 Å². The molecular formula is C38H57NO2S. The summed E-state index contributed by atoms with van der Waals surface area (Å²) in [6, 6.07) is 0. The highest BCUT2D eigenvalue weighted by Gasteiger charge is 2.59. The Morgan fingerprint density at radius 2 is 1.81 bits per heavy atom. The fourth-order valence-corrected chi connectivity index (χ4v) is 11.4. The van der Waals surface area contributed by atoms with Crippen LogP contribution >= 0.6 is 11.8 Å². The fourth-order valence-electron chi connectivity index (χ4n) is 10.1. The molecule has 0 saturated heterocycles. The molecule has 4 heteroatoms. The number of rotatable bonds is 8. The third-order valence-corrected chi connectivity index (χ3v) is 13.9. The number of allylic oxidation sites excluding steroid dienone is 8. The summed E-state index contributed by atoms with van der Waals surface area (Å²) in [5, 5.41) is 1.38. The molecule has 0 spiro atoms. The first kappa shape index (κ1) is 31.9. The molecule has 3 saturated carbocycles. The highest BCUT2D eigenvalue weighted by Crippen LogP contribution is 2.67. The van der Waals surface area contributed by atoms with Crippen molar-refractivity contribution in [3.8, 4) is 0 Å². The molecule has 0 heterocycles. The number of ether oxygens (including phenoxy) is 1. The Balaban J connectivity index is 1.28. The summed E-state index contributed by atoms with van der Waals surface area (Å²) >= 11 is 1.83. The molecular weight excluding hydrogens is 534 g/mol. The fraction of sp³-hybridized carbons (Fsp3) is 0.737. The Bertz CT molecular complexity index is 1120. The number of hydrogen-bond acceptors (Lipinski definition) is 3. The zero-order valence-electron chi connectivity index (χ0n) is 27.5. The van der Waals surface area contributed by atoms with Gasteiger partial charge in [0.15, 0.2) is 0 Å². The lowest BCUT2D eigenvalue weighted by atomic mass is 9.47. The van der Waals surface area contributed by atoms with E-state index >= 15 is 0 Å². The molecule has 5 aliphatic rings. The molecule has 0 N–H and O–H groups in total. The minimum atomic E-state index is -0.455. The number of nitrogens with zero attached hydrogens (tertiary/aromatic N) is 1. The minimum Gasteiger partial charge on any atom is -0.448 e. The Morgan fingerprint density at radius 1 is 1.05 bits per heavy atom. The van der Waals surface area contributed by atoms with Gasteiger partial charge < -0.3 is 4.74 Å². The maximum absolute atomic E-state index is 12.3. The molecule has 42 heavy (non-hydrogen) atoms. The topological polar surface area (TPSA) is 38.7 Å². The van der Waals surface area contributed by atoms with E-state index in [-0.39, 0.29) is 5.92 Å². The number of carbonyl (C=O) groups is 1. The predicted octanol–water partition coefficient (Wildman–Crippen LogP) is 10.8. The molecule has 9 atom stereocenters. The molecule has 5 rings (SSSR count). The van der Waals surface area contributed by atoms with Crippen molar-refractivity contribution in [1.82, 2.24) is 0 Å². The number of thioether (sulfide) groups is 1. The SMILES string of the molecule is CCOC(=O)/N=C(/S[C@@H]1CC[C@@]2(C)C(=CC[C@H]3[C@@H]4CC[C@H]([C@H](C)C=C[C@@H](CC)C(C)C)[C@@]4(C)CC[C@@H]32)C1)C1C=CC=C1. The number of fused-ring (bicyclic) bond motifs is 5. The van der Waals surface area contributed by atoms with E-state index in [4.69, 9.17) is 4.74 Å². The summed E-state index contributed by atoms with van der Waals surface area (Å²) in [5.41, 5.74) is 2.52. The smallest absolute Gasteiger partial charge is 0.434 e. The summed E-state index contributed by atoms with van der Waals surface area (Å²) in [7, 11) is 0. The van der Waals surface area contributed by atoms with E-state index in [1.165, 1.54) is 51.4 Å². The van der Waals surface area contributed by atoms with Gasteiger partial charge in [-0.2, -0.15) is 4.99 Å². The Hall–Kier alpha value is -1.55. The lowest BCUT2D eigenvalue weighted by molar-refractivity contribution is -0.0459. The monoisotopic (exact) mass is 591 g/mol. The van der Waals surface area contributed by atoms with Crippen molar-refractivity contribution in [1.29, 1.82) is 0 Å². The van der Waals surface area contributed by atoms with Crippen molar-refractivity contribution in [3.63, 3.8) is 0 Å². The molecule has 0 aromatic carbocycles. The molecule has 0 aromatic rings. The molecule has 3 fully saturated rings. The second-order valence-corrected chi connectivity index (χ2v) is 16.3. The van der Waals surface area contributed by atoms with Crippen LogP contribution in [0.25, 0.3) is 0 Å². The van der Waals surface area contributed by atoms with E-state index in [2.05, 4.69) is 89.1 Å². The van der Waals surface area contributed by atoms with Crippen LogP contribution in [0.4, 0.5) is 4.79 Å². The first-order chi connectivity index (χ1) is 20.1. The van der Waals surface area contributed by atoms with Gasteiger partial charge in [-0.05, 0) is 117 Å². The molecule has 232 valence electrons. The van der Waals surface area contributed by atoms with Gasteiger partial charge in [-0.25, -0.2) is 4.79 Å². The lowest BCUT2D eigenvalue weighted by Crippen LogP contribution is -2.50. The molecule has 5 aliphatic carbocycles. The predicted molar refractivity (Wildman–Crippen MR) is 180 cm³/mol. The highest BCUT2D eigenvalue weighted by molar-refractivity contribution is 8.14. The van der Waals surface area contributed by atoms with Crippen LogP contribution in [0.15, 0.2) is 53.1 Å². The van der Waals surface area contributed by atoms with Crippen LogP contribution in [0.2, 0.25) is 0 Å². The zero-order valence-corrected chi connectivity index (χ0v) is 28.3. The van der Waals surface area contributed by atoms with Gasteiger partial charge >= 0.3 is 6.09 Å². The minimum absolute atomic E-state index is 0.0965. The quantitative estimate of drug-likeness (QED) is 0.160. The average Bonchev–Trinajstić information content (AvgIpc) is 3.61. The molecule has 0 unspecified atom stereocenters. The third-order valence-electron chi connectivity index (χ3n) is 12.5. The van der Waals surface area contributed by atoms with E-state index in [0.29, 0.717) is 34.5 Å². The van der Waals surface area contributed by atoms with E-state index in [1.807, 2.05) is 18.7 Å². The van der Waals surface area contributed by atoms with E-state index < -0.39 is 6.09 Å². The number of carbonyl (C=O) groups excluding carboxylic acids is 1. The third kappa shape index (κ3) is 6.18. The van der Waals surface area contributed by atoms with Gasteiger partial charge in [0.05, 0.1) is 11.7 Å². The second-order valence-electron chi connectivity index (χ2n) is 15.0. The summed E-state index contributed by atoms with van der Waals surface area (Å²) in [6.07, 6.45) is 27.5. The first-order valence-electron chi connectivity index (χ1n) is 17.3. The molecule has 0 aromatic heterocycles. The van der Waals surface area contributed by atoms with Gasteiger partial charge in [0, 0.05) is 11.2 Å². The molecule has 0 aliphatic heterocycles. The van der Waals surface area contributed by atoms with Crippen molar-refractivity contribution >= 4 is 22.9 Å². The van der Waals surface area contributed by atoms with Crippen LogP contribution < -0.4 is 0 Å².